The van der Waals surface area contributed by atoms with Gasteiger partial charge in [-0.15, -0.1) is 0 Å². The number of allylic oxidation sites excluding steroid dienone is 1. The highest BCUT2D eigenvalue weighted by atomic mass is 19.2. The van der Waals surface area contributed by atoms with Crippen molar-refractivity contribution in [3.05, 3.63) is 46.5 Å². The first-order valence-electron chi connectivity index (χ1n) is 7.41. The van der Waals surface area contributed by atoms with Crippen molar-refractivity contribution in [2.45, 2.75) is 27.4 Å². The van der Waals surface area contributed by atoms with E-state index in [0.717, 1.165) is 0 Å². The lowest BCUT2D eigenvalue weighted by atomic mass is 10.0. The van der Waals surface area contributed by atoms with Gasteiger partial charge in [-0.25, -0.2) is 17.6 Å². The average Bonchev–Trinajstić information content (AvgIpc) is 3.09. The number of hydrogen-bond acceptors (Lipinski definition) is 3. The van der Waals surface area contributed by atoms with Crippen molar-refractivity contribution in [3.63, 3.8) is 0 Å². The summed E-state index contributed by atoms with van der Waals surface area (Å²) in [4.78, 5) is 12.2. The number of hydrogen-bond donors (Lipinski definition) is 1. The number of esters is 1. The van der Waals surface area contributed by atoms with Gasteiger partial charge >= 0.3 is 5.97 Å². The molecule has 0 spiro atoms. The molecule has 2 atom stereocenters. The maximum absolute atomic E-state index is 13.6. The van der Waals surface area contributed by atoms with E-state index in [1.54, 1.807) is 26.8 Å². The van der Waals surface area contributed by atoms with Crippen LogP contribution in [0.4, 0.5) is 17.6 Å². The van der Waals surface area contributed by atoms with E-state index in [0.29, 0.717) is 5.57 Å². The zero-order valence-corrected chi connectivity index (χ0v) is 13.5. The Morgan fingerprint density at radius 2 is 1.75 bits per heavy atom. The van der Waals surface area contributed by atoms with Gasteiger partial charge in [-0.05, 0) is 17.9 Å². The first-order valence-corrected chi connectivity index (χ1v) is 7.41. The lowest BCUT2D eigenvalue weighted by Gasteiger charge is -2.09. The van der Waals surface area contributed by atoms with Gasteiger partial charge in [-0.3, -0.25) is 4.79 Å². The van der Waals surface area contributed by atoms with E-state index in [2.05, 4.69) is 0 Å². The summed E-state index contributed by atoms with van der Waals surface area (Å²) in [5.41, 5.74) is -0.785. The Kier molecular flexibility index (Phi) is 5.03. The van der Waals surface area contributed by atoms with Crippen LogP contribution < -0.4 is 0 Å². The summed E-state index contributed by atoms with van der Waals surface area (Å²) >= 11 is 0. The molecule has 1 N–H and O–H groups in total. The van der Waals surface area contributed by atoms with E-state index in [1.165, 1.54) is 0 Å². The fourth-order valence-corrected chi connectivity index (χ4v) is 3.12. The van der Waals surface area contributed by atoms with Crippen LogP contribution in [0.2, 0.25) is 0 Å². The summed E-state index contributed by atoms with van der Waals surface area (Å²) in [7, 11) is 0. The normalized spacial score (nSPS) is 22.4. The first kappa shape index (κ1) is 18.4. The molecule has 1 aliphatic carbocycles. The fourth-order valence-electron chi connectivity index (χ4n) is 3.12. The quantitative estimate of drug-likeness (QED) is 0.384. The second-order valence-electron chi connectivity index (χ2n) is 6.35. The van der Waals surface area contributed by atoms with Gasteiger partial charge in [0, 0.05) is 12.0 Å². The Morgan fingerprint density at radius 1 is 1.21 bits per heavy atom. The van der Waals surface area contributed by atoms with E-state index >= 15 is 0 Å². The highest BCUT2D eigenvalue weighted by Gasteiger charge is 2.63. The molecular formula is C17H18F4O3. The van der Waals surface area contributed by atoms with Gasteiger partial charge in [-0.1, -0.05) is 19.9 Å². The van der Waals surface area contributed by atoms with Crippen molar-refractivity contribution in [1.82, 2.24) is 0 Å². The summed E-state index contributed by atoms with van der Waals surface area (Å²) in [5.74, 6) is -7.86. The van der Waals surface area contributed by atoms with Gasteiger partial charge in [0.1, 0.15) is 6.61 Å². The third-order valence-electron chi connectivity index (χ3n) is 4.60. The maximum Gasteiger partial charge on any atom is 0.310 e. The summed E-state index contributed by atoms with van der Waals surface area (Å²) in [5, 5.41) is 9.31. The summed E-state index contributed by atoms with van der Waals surface area (Å²) in [6, 6.07) is 0.0928. The fraction of sp³-hybridized carbons (Fsp3) is 0.471. The topological polar surface area (TPSA) is 46.5 Å². The number of benzene rings is 1. The van der Waals surface area contributed by atoms with Crippen molar-refractivity contribution in [2.24, 2.45) is 17.3 Å². The lowest BCUT2D eigenvalue weighted by molar-refractivity contribution is -0.147. The van der Waals surface area contributed by atoms with Crippen LogP contribution >= 0.6 is 0 Å². The predicted octanol–water partition coefficient (Wildman–Crippen LogP) is 3.50. The molecule has 2 rings (SSSR count). The van der Waals surface area contributed by atoms with E-state index in [9.17, 15) is 27.5 Å². The number of carbonyl (C=O) groups excluding carboxylic acids is 1. The SMILES string of the molecule is C/C=C(/CO)C1C(C(=O)OCc2c(F)c(F)cc(F)c2F)C1(C)C. The molecule has 1 aromatic carbocycles. The molecule has 0 aromatic heterocycles. The zero-order valence-electron chi connectivity index (χ0n) is 13.5. The van der Waals surface area contributed by atoms with Crippen molar-refractivity contribution in [3.8, 4) is 0 Å². The number of aliphatic hydroxyl groups excluding tert-OH is 1. The molecule has 1 fully saturated rings. The van der Waals surface area contributed by atoms with Gasteiger partial charge < -0.3 is 9.84 Å². The monoisotopic (exact) mass is 346 g/mol. The molecule has 1 saturated carbocycles. The van der Waals surface area contributed by atoms with Crippen molar-refractivity contribution >= 4 is 5.97 Å². The molecule has 0 radical (unpaired) electrons. The third kappa shape index (κ3) is 3.05. The van der Waals surface area contributed by atoms with Crippen LogP contribution in [0.25, 0.3) is 0 Å². The second-order valence-corrected chi connectivity index (χ2v) is 6.35. The third-order valence-corrected chi connectivity index (χ3v) is 4.60. The van der Waals surface area contributed by atoms with Crippen molar-refractivity contribution in [1.29, 1.82) is 0 Å². The van der Waals surface area contributed by atoms with Gasteiger partial charge in [0.05, 0.1) is 18.1 Å². The standard InChI is InChI=1S/C17H18F4O3/c1-4-8(6-22)12-13(17(12,2)3)16(23)24-7-9-14(20)10(18)5-11(19)15(9)21/h4-5,12-13,22H,6-7H2,1-3H3/b8-4-. The molecule has 2 unspecified atom stereocenters. The molecule has 0 aliphatic heterocycles. The predicted molar refractivity (Wildman–Crippen MR) is 77.7 cm³/mol. The van der Waals surface area contributed by atoms with Crippen LogP contribution in [0.15, 0.2) is 17.7 Å². The smallest absolute Gasteiger partial charge is 0.310 e. The molecule has 1 aromatic rings. The number of carbonyl (C=O) groups is 1. The second kappa shape index (κ2) is 6.55. The Morgan fingerprint density at radius 3 is 2.21 bits per heavy atom. The summed E-state index contributed by atoms with van der Waals surface area (Å²) in [6.07, 6.45) is 1.70. The van der Waals surface area contributed by atoms with Gasteiger partial charge in [0.25, 0.3) is 0 Å². The summed E-state index contributed by atoms with van der Waals surface area (Å²) in [6.45, 7) is 4.20. The lowest BCUT2D eigenvalue weighted by Crippen LogP contribution is -2.13. The molecule has 24 heavy (non-hydrogen) atoms. The van der Waals surface area contributed by atoms with Crippen molar-refractivity contribution in [2.75, 3.05) is 6.61 Å². The molecular weight excluding hydrogens is 328 g/mol. The molecule has 1 aliphatic rings. The molecule has 0 amide bonds. The molecule has 0 bridgehead atoms. The minimum atomic E-state index is -1.59. The number of ether oxygens (including phenoxy) is 1. The van der Waals surface area contributed by atoms with Crippen LogP contribution in [0.3, 0.4) is 0 Å². The van der Waals surface area contributed by atoms with E-state index < -0.39 is 52.7 Å². The van der Waals surface area contributed by atoms with Crippen molar-refractivity contribution < 1.29 is 32.2 Å². The number of rotatable bonds is 5. The first-order chi connectivity index (χ1) is 11.2. The Labute approximate surface area is 136 Å². The minimum Gasteiger partial charge on any atom is -0.460 e. The summed E-state index contributed by atoms with van der Waals surface area (Å²) < 4.78 is 58.3. The zero-order chi connectivity index (χ0) is 18.2. The van der Waals surface area contributed by atoms with Crippen LogP contribution in [0.5, 0.6) is 0 Å². The van der Waals surface area contributed by atoms with Gasteiger partial charge in [-0.2, -0.15) is 0 Å². The Bertz CT molecular complexity index is 671. The van der Waals surface area contributed by atoms with E-state index in [-0.39, 0.29) is 18.6 Å². The molecule has 0 heterocycles. The largest absolute Gasteiger partial charge is 0.460 e. The van der Waals surface area contributed by atoms with Crippen LogP contribution in [0, 0.1) is 40.5 Å². The highest BCUT2D eigenvalue weighted by Crippen LogP contribution is 2.62. The van der Waals surface area contributed by atoms with Crippen LogP contribution in [-0.2, 0) is 16.1 Å². The highest BCUT2D eigenvalue weighted by molar-refractivity contribution is 5.78. The molecule has 132 valence electrons. The average molecular weight is 346 g/mol. The molecule has 3 nitrogen and oxygen atoms in total. The number of aliphatic hydroxyl groups is 1. The van der Waals surface area contributed by atoms with Crippen LogP contribution in [-0.4, -0.2) is 17.7 Å². The van der Waals surface area contributed by atoms with Gasteiger partial charge in [0.2, 0.25) is 0 Å². The molecule has 7 heteroatoms. The van der Waals surface area contributed by atoms with E-state index in [1.807, 2.05) is 0 Å². The minimum absolute atomic E-state index is 0.0928. The Balaban J connectivity index is 2.13. The Hall–Kier alpha value is -1.89. The number of halogens is 4. The van der Waals surface area contributed by atoms with E-state index in [4.69, 9.17) is 4.74 Å². The molecule has 0 saturated heterocycles. The maximum atomic E-state index is 13.6. The van der Waals surface area contributed by atoms with Crippen LogP contribution in [0.1, 0.15) is 26.3 Å². The van der Waals surface area contributed by atoms with Gasteiger partial charge in [0.15, 0.2) is 23.3 Å².